The third-order valence-corrected chi connectivity index (χ3v) is 10.3. The number of benzene rings is 1. The molecule has 14 nitrogen and oxygen atoms in total. The number of ether oxygens (including phenoxy) is 1. The van der Waals surface area contributed by atoms with Gasteiger partial charge in [0, 0.05) is 62.2 Å². The van der Waals surface area contributed by atoms with Gasteiger partial charge in [-0.25, -0.2) is 19.6 Å². The van der Waals surface area contributed by atoms with Crippen LogP contribution in [0.3, 0.4) is 0 Å². The van der Waals surface area contributed by atoms with Gasteiger partial charge in [-0.2, -0.15) is 26.3 Å². The molecule has 1 saturated carbocycles. The highest BCUT2D eigenvalue weighted by molar-refractivity contribution is 6.32. The molecule has 1 atom stereocenters. The fraction of sp³-hybridized carbons (Fsp3) is 0.568. The van der Waals surface area contributed by atoms with Crippen LogP contribution in [0.5, 0.6) is 5.75 Å². The van der Waals surface area contributed by atoms with Gasteiger partial charge < -0.3 is 40.7 Å². The summed E-state index contributed by atoms with van der Waals surface area (Å²) in [7, 11) is 2.13. The fourth-order valence-electron chi connectivity index (χ4n) is 6.86. The van der Waals surface area contributed by atoms with E-state index in [1.54, 1.807) is 0 Å². The third kappa shape index (κ3) is 13.6. The summed E-state index contributed by atoms with van der Waals surface area (Å²) < 4.78 is 69.7. The minimum Gasteiger partial charge on any atom is -0.489 e. The first-order chi connectivity index (χ1) is 27.3. The molecule has 4 heterocycles. The molecule has 5 N–H and O–H groups in total. The number of nitrogens with one attached hydrogen (secondary N) is 3. The van der Waals surface area contributed by atoms with Crippen LogP contribution < -0.4 is 20.7 Å². The molecule has 3 aliphatic heterocycles. The van der Waals surface area contributed by atoms with Crippen molar-refractivity contribution in [1.29, 1.82) is 0 Å². The molecular formula is C37H46ClF6N7O7. The van der Waals surface area contributed by atoms with Gasteiger partial charge in [0.1, 0.15) is 29.8 Å². The summed E-state index contributed by atoms with van der Waals surface area (Å²) in [5.74, 6) is -3.13. The number of likely N-dealkylation sites (N-methyl/N-ethyl adjacent to an activating group) is 1. The van der Waals surface area contributed by atoms with E-state index in [9.17, 15) is 35.9 Å². The van der Waals surface area contributed by atoms with Crippen LogP contribution in [0.4, 0.5) is 43.7 Å². The summed E-state index contributed by atoms with van der Waals surface area (Å²) in [6.45, 7) is 3.79. The van der Waals surface area contributed by atoms with E-state index in [1.807, 2.05) is 29.2 Å². The van der Waals surface area contributed by atoms with Crippen LogP contribution >= 0.6 is 11.6 Å². The lowest BCUT2D eigenvalue weighted by Crippen LogP contribution is -2.44. The number of piperidine rings is 2. The monoisotopic (exact) mass is 849 g/mol. The van der Waals surface area contributed by atoms with E-state index in [1.165, 1.54) is 32.0 Å². The molecule has 2 aromatic rings. The Bertz CT molecular complexity index is 1760. The molecule has 6 rings (SSSR count). The number of anilines is 3. The first kappa shape index (κ1) is 45.8. The minimum absolute atomic E-state index is 0.0239. The quantitative estimate of drug-likeness (QED) is 0.182. The SMILES string of the molecule is CN1CCCCC1CNC(=O)C1=Cc2c(ncnc2Nc2ccc(OC3CCN(C(=O)C4CCCC4)CC3)c(Cl)c2)NCC1.O=C(O)C(F)(F)F.O=C(O)C(F)(F)F. The molecule has 3 fully saturated rings. The predicted molar refractivity (Wildman–Crippen MR) is 201 cm³/mol. The number of hydrogen-bond acceptors (Lipinski definition) is 10. The minimum atomic E-state index is -5.08. The first-order valence-corrected chi connectivity index (χ1v) is 19.1. The van der Waals surface area contributed by atoms with Crippen LogP contribution in [-0.2, 0) is 19.2 Å². The highest BCUT2D eigenvalue weighted by Gasteiger charge is 2.39. The summed E-state index contributed by atoms with van der Waals surface area (Å²) in [4.78, 5) is 57.0. The second kappa shape index (κ2) is 20.7. The Hall–Kier alpha value is -4.85. The number of nitrogens with zero attached hydrogens (tertiary/aromatic N) is 4. The van der Waals surface area contributed by atoms with Crippen molar-refractivity contribution < 1.29 is 60.5 Å². The normalized spacial score (nSPS) is 19.1. The maximum absolute atomic E-state index is 13.2. The molecule has 0 radical (unpaired) electrons. The standard InChI is InChI=1S/C33H44ClN7O3.2C2HF3O2/c1-40-15-5-4-8-25(40)20-36-32(42)23-11-14-35-30-27(18-23)31(38-21-37-30)39-24-9-10-29(28(34)19-24)44-26-12-16-41(17-13-26)33(43)22-6-2-3-7-22;2*3-2(4,5)1(6)7/h9-10,18-19,21-22,25-26H,2-8,11-17,20H2,1H3,(H,36,42)(H2,35,37,38,39);2*(H,6,7). The van der Waals surface area contributed by atoms with Crippen molar-refractivity contribution in [1.82, 2.24) is 25.1 Å². The van der Waals surface area contributed by atoms with Crippen molar-refractivity contribution in [2.24, 2.45) is 5.92 Å². The molecular weight excluding hydrogens is 804 g/mol. The summed E-state index contributed by atoms with van der Waals surface area (Å²) in [5.41, 5.74) is 2.19. The second-order valence-electron chi connectivity index (χ2n) is 14.2. The molecule has 320 valence electrons. The van der Waals surface area contributed by atoms with E-state index in [4.69, 9.17) is 36.1 Å². The molecule has 1 aromatic carbocycles. The number of rotatable bonds is 8. The molecule has 1 unspecified atom stereocenters. The van der Waals surface area contributed by atoms with E-state index in [2.05, 4.69) is 37.9 Å². The fourth-order valence-corrected chi connectivity index (χ4v) is 7.08. The summed E-state index contributed by atoms with van der Waals surface area (Å²) in [5, 5.41) is 24.6. The number of carbonyl (C=O) groups is 4. The average Bonchev–Trinajstić information content (AvgIpc) is 3.62. The zero-order valence-corrected chi connectivity index (χ0v) is 32.4. The molecule has 21 heteroatoms. The van der Waals surface area contributed by atoms with Gasteiger partial charge >= 0.3 is 24.3 Å². The summed E-state index contributed by atoms with van der Waals surface area (Å²) in [6.07, 6.45) is 3.38. The Morgan fingerprint density at radius 3 is 2.12 bits per heavy atom. The number of amides is 2. The van der Waals surface area contributed by atoms with Crippen molar-refractivity contribution in [3.8, 4) is 5.75 Å². The number of aromatic nitrogens is 2. The molecule has 4 aliphatic rings. The number of carbonyl (C=O) groups excluding carboxylic acids is 2. The van der Waals surface area contributed by atoms with Gasteiger partial charge in [-0.15, -0.1) is 0 Å². The van der Waals surface area contributed by atoms with Gasteiger partial charge in [-0.1, -0.05) is 30.9 Å². The zero-order valence-electron chi connectivity index (χ0n) is 31.6. The van der Waals surface area contributed by atoms with Gasteiger partial charge in [0.15, 0.2) is 0 Å². The van der Waals surface area contributed by atoms with Crippen molar-refractivity contribution >= 4 is 58.8 Å². The van der Waals surface area contributed by atoms with Gasteiger partial charge in [-0.05, 0) is 70.0 Å². The highest BCUT2D eigenvalue weighted by Crippen LogP contribution is 2.34. The van der Waals surface area contributed by atoms with Crippen LogP contribution in [-0.4, -0.2) is 118 Å². The van der Waals surface area contributed by atoms with E-state index < -0.39 is 24.3 Å². The van der Waals surface area contributed by atoms with Gasteiger partial charge in [0.2, 0.25) is 11.8 Å². The van der Waals surface area contributed by atoms with Crippen molar-refractivity contribution in [3.05, 3.63) is 40.7 Å². The van der Waals surface area contributed by atoms with Crippen molar-refractivity contribution in [2.45, 2.75) is 88.7 Å². The molecule has 2 amide bonds. The Morgan fingerprint density at radius 2 is 1.53 bits per heavy atom. The number of carboxylic acid groups (broad SMARTS) is 2. The van der Waals surface area contributed by atoms with E-state index in [0.717, 1.165) is 63.0 Å². The van der Waals surface area contributed by atoms with Gasteiger partial charge in [-0.3, -0.25) is 9.59 Å². The van der Waals surface area contributed by atoms with Crippen LogP contribution in [0.2, 0.25) is 5.02 Å². The van der Waals surface area contributed by atoms with Gasteiger partial charge in [0.05, 0.1) is 10.6 Å². The maximum atomic E-state index is 13.2. The number of alkyl halides is 6. The van der Waals surface area contributed by atoms with Crippen LogP contribution in [0.15, 0.2) is 30.1 Å². The average molecular weight is 850 g/mol. The number of fused-ring (bicyclic) bond motifs is 1. The lowest BCUT2D eigenvalue weighted by atomic mass is 10.0. The summed E-state index contributed by atoms with van der Waals surface area (Å²) >= 11 is 6.68. The molecule has 2 saturated heterocycles. The van der Waals surface area contributed by atoms with Crippen LogP contribution in [0.1, 0.15) is 69.8 Å². The number of halogens is 7. The number of likely N-dealkylation sites (tertiary alicyclic amines) is 2. The Morgan fingerprint density at radius 1 is 0.914 bits per heavy atom. The zero-order chi connectivity index (χ0) is 42.6. The predicted octanol–water partition coefficient (Wildman–Crippen LogP) is 6.50. The van der Waals surface area contributed by atoms with E-state index >= 15 is 0 Å². The van der Waals surface area contributed by atoms with Gasteiger partial charge in [0.25, 0.3) is 0 Å². The van der Waals surface area contributed by atoms with E-state index in [0.29, 0.717) is 59.4 Å². The lowest BCUT2D eigenvalue weighted by molar-refractivity contribution is -0.193. The van der Waals surface area contributed by atoms with E-state index in [-0.39, 0.29) is 17.9 Å². The third-order valence-electron chi connectivity index (χ3n) is 10.0. The topological polar surface area (TPSA) is 186 Å². The lowest BCUT2D eigenvalue weighted by Gasteiger charge is -2.33. The number of carboxylic acids is 2. The van der Waals surface area contributed by atoms with Crippen LogP contribution in [0, 0.1) is 5.92 Å². The van der Waals surface area contributed by atoms with Crippen LogP contribution in [0.25, 0.3) is 6.08 Å². The maximum Gasteiger partial charge on any atom is 0.490 e. The first-order valence-electron chi connectivity index (χ1n) is 18.7. The Balaban J connectivity index is 0.000000456. The van der Waals surface area contributed by atoms with Crippen molar-refractivity contribution in [3.63, 3.8) is 0 Å². The Labute approximate surface area is 335 Å². The number of aliphatic carboxylic acids is 2. The molecule has 58 heavy (non-hydrogen) atoms. The Kier molecular flexibility index (Phi) is 16.4. The number of hydrogen-bond donors (Lipinski definition) is 5. The smallest absolute Gasteiger partial charge is 0.489 e. The largest absolute Gasteiger partial charge is 0.490 e. The molecule has 0 bridgehead atoms. The molecule has 0 spiro atoms. The second-order valence-corrected chi connectivity index (χ2v) is 14.6. The molecule has 1 aromatic heterocycles. The van der Waals surface area contributed by atoms with Crippen molar-refractivity contribution in [2.75, 3.05) is 50.4 Å². The summed E-state index contributed by atoms with van der Waals surface area (Å²) in [6, 6.07) is 5.99. The highest BCUT2D eigenvalue weighted by atomic mass is 35.5. The molecule has 1 aliphatic carbocycles.